The van der Waals surface area contributed by atoms with Crippen molar-refractivity contribution in [3.8, 4) is 0 Å². The highest BCUT2D eigenvalue weighted by molar-refractivity contribution is 6.60. The third-order valence-corrected chi connectivity index (χ3v) is 5.12. The van der Waals surface area contributed by atoms with Crippen LogP contribution in [0.1, 0.15) is 28.6 Å². The molecule has 0 aromatic rings. The summed E-state index contributed by atoms with van der Waals surface area (Å²) in [5.74, 6) is 0. The van der Waals surface area contributed by atoms with Gasteiger partial charge in [-0.15, -0.1) is 0 Å². The van der Waals surface area contributed by atoms with Crippen molar-refractivity contribution in [3.05, 3.63) is 0 Å². The number of hydrogen-bond acceptors (Lipinski definition) is 4. The molecule has 0 saturated heterocycles. The van der Waals surface area contributed by atoms with E-state index in [0.29, 0.717) is 32.3 Å². The summed E-state index contributed by atoms with van der Waals surface area (Å²) in [6.07, 6.45) is 0.708. The lowest BCUT2D eigenvalue weighted by Gasteiger charge is -2.28. The third-order valence-electron chi connectivity index (χ3n) is 2.04. The predicted molar refractivity (Wildman–Crippen MR) is 68.6 cm³/mol. The van der Waals surface area contributed by atoms with E-state index in [4.69, 9.17) is 14.6 Å². The van der Waals surface area contributed by atoms with Crippen molar-refractivity contribution < 1.29 is 14.6 Å². The molecule has 0 fully saturated rings. The standard InChI is InChI=1S/C11H27NO3Si/c1-6-13-16(14-7-2,15-8-3)11-9-10-12(4)5/h6-11H2,1-5H3/i10D. The van der Waals surface area contributed by atoms with Gasteiger partial charge < -0.3 is 18.2 Å². The van der Waals surface area contributed by atoms with E-state index in [-0.39, 0.29) is 6.52 Å². The lowest BCUT2D eigenvalue weighted by Crippen LogP contribution is -2.46. The van der Waals surface area contributed by atoms with Gasteiger partial charge in [0.1, 0.15) is 0 Å². The monoisotopic (exact) mass is 250 g/mol. The molecule has 98 valence electrons. The smallest absolute Gasteiger partial charge is 0.374 e. The Balaban J connectivity index is 4.42. The highest BCUT2D eigenvalue weighted by Gasteiger charge is 2.39. The van der Waals surface area contributed by atoms with Crippen LogP contribution in [0.3, 0.4) is 0 Å². The van der Waals surface area contributed by atoms with Gasteiger partial charge in [-0.25, -0.2) is 0 Å². The molecule has 0 rings (SSSR count). The molecular weight excluding hydrogens is 222 g/mol. The zero-order chi connectivity index (χ0) is 13.3. The summed E-state index contributed by atoms with van der Waals surface area (Å²) in [6.45, 7) is 7.39. The SMILES string of the molecule is [2H]C(CC[Si](OCC)(OCC)OCC)N(C)C. The van der Waals surface area contributed by atoms with Gasteiger partial charge in [0.2, 0.25) is 0 Å². The lowest BCUT2D eigenvalue weighted by atomic mass is 10.5. The molecule has 16 heavy (non-hydrogen) atoms. The maximum Gasteiger partial charge on any atom is 0.500 e. The van der Waals surface area contributed by atoms with Crippen molar-refractivity contribution in [3.63, 3.8) is 0 Å². The average Bonchev–Trinajstić information content (AvgIpc) is 2.27. The summed E-state index contributed by atoms with van der Waals surface area (Å²) in [6, 6.07) is 0.703. The van der Waals surface area contributed by atoms with Crippen LogP contribution in [0.5, 0.6) is 0 Å². The summed E-state index contributed by atoms with van der Waals surface area (Å²) in [4.78, 5) is 1.88. The summed E-state index contributed by atoms with van der Waals surface area (Å²) in [5, 5.41) is 0. The van der Waals surface area contributed by atoms with Crippen molar-refractivity contribution >= 4 is 8.80 Å². The molecule has 0 amide bonds. The number of rotatable bonds is 10. The van der Waals surface area contributed by atoms with Crippen LogP contribution in [0.4, 0.5) is 0 Å². The number of nitrogens with zero attached hydrogens (tertiary/aromatic N) is 1. The van der Waals surface area contributed by atoms with Gasteiger partial charge in [0, 0.05) is 27.2 Å². The van der Waals surface area contributed by atoms with Crippen molar-refractivity contribution in [2.45, 2.75) is 33.2 Å². The zero-order valence-corrected chi connectivity index (χ0v) is 12.3. The van der Waals surface area contributed by atoms with Gasteiger partial charge in [0.05, 0.1) is 0 Å². The fourth-order valence-electron chi connectivity index (χ4n) is 1.50. The molecule has 0 saturated carbocycles. The Labute approximate surface area is 103 Å². The molecular formula is C11H27NO3Si. The van der Waals surface area contributed by atoms with E-state index in [1.165, 1.54) is 0 Å². The Morgan fingerprint density at radius 2 is 1.44 bits per heavy atom. The Kier molecular flexibility index (Phi) is 8.05. The molecule has 0 radical (unpaired) electrons. The first-order chi connectivity index (χ1) is 8.01. The second kappa shape index (κ2) is 9.12. The normalized spacial score (nSPS) is 15.2. The first-order valence-corrected chi connectivity index (χ1v) is 7.95. The van der Waals surface area contributed by atoms with Crippen molar-refractivity contribution in [1.82, 2.24) is 4.90 Å². The second-order valence-corrected chi connectivity index (χ2v) is 6.40. The minimum absolute atomic E-state index is 0.233. The third kappa shape index (κ3) is 6.60. The van der Waals surface area contributed by atoms with Crippen molar-refractivity contribution in [1.29, 1.82) is 0 Å². The van der Waals surface area contributed by atoms with Crippen LogP contribution in [-0.4, -0.2) is 54.1 Å². The molecule has 0 aliphatic rings. The van der Waals surface area contributed by atoms with Crippen LogP contribution in [0.2, 0.25) is 6.04 Å². The Bertz CT molecular complexity index is 179. The second-order valence-electron chi connectivity index (χ2n) is 3.67. The summed E-state index contributed by atoms with van der Waals surface area (Å²) in [5.41, 5.74) is 0. The van der Waals surface area contributed by atoms with E-state index in [2.05, 4.69) is 0 Å². The highest BCUT2D eigenvalue weighted by Crippen LogP contribution is 2.18. The lowest BCUT2D eigenvalue weighted by molar-refractivity contribution is 0.0703. The minimum Gasteiger partial charge on any atom is -0.374 e. The Morgan fingerprint density at radius 3 is 1.75 bits per heavy atom. The molecule has 0 spiro atoms. The largest absolute Gasteiger partial charge is 0.500 e. The quantitative estimate of drug-likeness (QED) is 0.555. The molecule has 0 aromatic carbocycles. The molecule has 0 N–H and O–H groups in total. The summed E-state index contributed by atoms with van der Waals surface area (Å²) >= 11 is 0. The topological polar surface area (TPSA) is 30.9 Å². The van der Waals surface area contributed by atoms with Crippen molar-refractivity contribution in [2.75, 3.05) is 40.4 Å². The van der Waals surface area contributed by atoms with Crippen LogP contribution in [0.25, 0.3) is 0 Å². The minimum atomic E-state index is -2.55. The van der Waals surface area contributed by atoms with E-state index < -0.39 is 8.80 Å². The fourth-order valence-corrected chi connectivity index (χ4v) is 3.99. The molecule has 1 atom stereocenters. The van der Waals surface area contributed by atoms with Crippen LogP contribution < -0.4 is 0 Å². The predicted octanol–water partition coefficient (Wildman–Crippen LogP) is 1.99. The Hall–Kier alpha value is 0.0569. The van der Waals surface area contributed by atoms with Gasteiger partial charge in [-0.05, 0) is 47.8 Å². The van der Waals surface area contributed by atoms with E-state index in [9.17, 15) is 0 Å². The first kappa shape index (κ1) is 14.1. The van der Waals surface area contributed by atoms with Crippen LogP contribution in [0, 0.1) is 0 Å². The summed E-state index contributed by atoms with van der Waals surface area (Å²) in [7, 11) is 1.26. The molecule has 0 aliphatic carbocycles. The van der Waals surface area contributed by atoms with Gasteiger partial charge >= 0.3 is 8.80 Å². The summed E-state index contributed by atoms with van der Waals surface area (Å²) < 4.78 is 25.1. The van der Waals surface area contributed by atoms with Gasteiger partial charge in [0.15, 0.2) is 0 Å². The fraction of sp³-hybridized carbons (Fsp3) is 1.00. The number of hydrogen-bond donors (Lipinski definition) is 0. The van der Waals surface area contributed by atoms with Gasteiger partial charge in [0.25, 0.3) is 0 Å². The zero-order valence-electron chi connectivity index (χ0n) is 12.3. The maximum atomic E-state index is 7.88. The van der Waals surface area contributed by atoms with Gasteiger partial charge in [-0.3, -0.25) is 0 Å². The van der Waals surface area contributed by atoms with Crippen LogP contribution in [0.15, 0.2) is 0 Å². The molecule has 5 heteroatoms. The van der Waals surface area contributed by atoms with Crippen molar-refractivity contribution in [2.24, 2.45) is 0 Å². The van der Waals surface area contributed by atoms with E-state index in [1.54, 1.807) is 0 Å². The van der Waals surface area contributed by atoms with E-state index >= 15 is 0 Å². The molecule has 0 aromatic heterocycles. The van der Waals surface area contributed by atoms with Gasteiger partial charge in [-0.2, -0.15) is 0 Å². The van der Waals surface area contributed by atoms with Crippen LogP contribution >= 0.6 is 0 Å². The molecule has 4 nitrogen and oxygen atoms in total. The van der Waals surface area contributed by atoms with Crippen LogP contribution in [-0.2, 0) is 13.3 Å². The maximum absolute atomic E-state index is 7.88. The van der Waals surface area contributed by atoms with E-state index in [0.717, 1.165) is 0 Å². The van der Waals surface area contributed by atoms with E-state index in [1.807, 2.05) is 39.8 Å². The molecule has 0 aliphatic heterocycles. The first-order valence-electron chi connectivity index (χ1n) is 6.59. The Morgan fingerprint density at radius 1 is 1.00 bits per heavy atom. The molecule has 0 heterocycles. The van der Waals surface area contributed by atoms with Gasteiger partial charge in [-0.1, -0.05) is 0 Å². The highest BCUT2D eigenvalue weighted by atomic mass is 28.4. The molecule has 1 unspecified atom stereocenters. The molecule has 0 bridgehead atoms. The average molecular weight is 250 g/mol.